The van der Waals surface area contributed by atoms with Crippen LogP contribution in [0.3, 0.4) is 0 Å². The van der Waals surface area contributed by atoms with Crippen LogP contribution < -0.4 is 4.74 Å². The van der Waals surface area contributed by atoms with Gasteiger partial charge in [0, 0.05) is 16.5 Å². The maximum absolute atomic E-state index is 15.7. The Kier molecular flexibility index (Phi) is 10.1. The van der Waals surface area contributed by atoms with Crippen molar-refractivity contribution in [1.29, 1.82) is 0 Å². The first-order valence-corrected chi connectivity index (χ1v) is 15.7. The van der Waals surface area contributed by atoms with E-state index in [1.807, 2.05) is 18.2 Å². The van der Waals surface area contributed by atoms with Gasteiger partial charge in [0.25, 0.3) is 0 Å². The number of halogens is 2. The van der Waals surface area contributed by atoms with Crippen LogP contribution in [0.25, 0.3) is 22.3 Å². The predicted molar refractivity (Wildman–Crippen MR) is 165 cm³/mol. The highest BCUT2D eigenvalue weighted by atomic mass is 19.2. The quantitative estimate of drug-likeness (QED) is 0.232. The molecule has 1 nitrogen and oxygen atoms in total. The molecule has 3 aromatic rings. The third kappa shape index (κ3) is 6.29. The number of ether oxygens (including phenoxy) is 1. The molecule has 0 bridgehead atoms. The minimum Gasteiger partial charge on any atom is -0.493 e. The predicted octanol–water partition coefficient (Wildman–Crippen LogP) is 11.3. The highest BCUT2D eigenvalue weighted by molar-refractivity contribution is 5.75. The van der Waals surface area contributed by atoms with Crippen molar-refractivity contribution in [3.05, 3.63) is 76.9 Å². The van der Waals surface area contributed by atoms with Crippen LogP contribution in [0.1, 0.15) is 109 Å². The summed E-state index contributed by atoms with van der Waals surface area (Å²) in [5.74, 6) is 0.682. The van der Waals surface area contributed by atoms with E-state index in [0.29, 0.717) is 30.1 Å². The molecule has 0 atom stereocenters. The normalized spacial score (nSPS) is 17.7. The van der Waals surface area contributed by atoms with E-state index in [-0.39, 0.29) is 5.41 Å². The van der Waals surface area contributed by atoms with Crippen molar-refractivity contribution in [2.24, 2.45) is 11.3 Å². The molecule has 1 fully saturated rings. The molecule has 0 saturated heterocycles. The minimum atomic E-state index is -0.782. The van der Waals surface area contributed by atoms with E-state index >= 15 is 8.78 Å². The van der Waals surface area contributed by atoms with Crippen molar-refractivity contribution >= 4 is 0 Å². The smallest absolute Gasteiger partial charge is 0.167 e. The second-order valence-electron chi connectivity index (χ2n) is 12.0. The summed E-state index contributed by atoms with van der Waals surface area (Å²) in [5.41, 5.74) is 5.57. The molecular formula is C37H48F2O. The van der Waals surface area contributed by atoms with Crippen LogP contribution in [0.5, 0.6) is 5.75 Å². The Hall–Kier alpha value is -2.68. The van der Waals surface area contributed by atoms with Gasteiger partial charge in [-0.1, -0.05) is 90.8 Å². The van der Waals surface area contributed by atoms with Gasteiger partial charge in [-0.05, 0) is 96.7 Å². The number of benzene rings is 3. The Bertz CT molecular complexity index is 1260. The van der Waals surface area contributed by atoms with Crippen LogP contribution in [0.15, 0.2) is 48.5 Å². The monoisotopic (exact) mass is 546 g/mol. The number of hydrogen-bond acceptors (Lipinski definition) is 1. The average Bonchev–Trinajstić information content (AvgIpc) is 2.99. The molecule has 0 N–H and O–H groups in total. The van der Waals surface area contributed by atoms with Gasteiger partial charge in [0.05, 0.1) is 6.61 Å². The van der Waals surface area contributed by atoms with Crippen LogP contribution in [0, 0.1) is 23.0 Å². The van der Waals surface area contributed by atoms with Gasteiger partial charge in [0.2, 0.25) is 0 Å². The average molecular weight is 547 g/mol. The minimum absolute atomic E-state index is 0.161. The number of rotatable bonds is 11. The van der Waals surface area contributed by atoms with E-state index in [4.69, 9.17) is 4.74 Å². The molecule has 0 heterocycles. The van der Waals surface area contributed by atoms with Crippen LogP contribution >= 0.6 is 0 Å². The van der Waals surface area contributed by atoms with E-state index in [9.17, 15) is 0 Å². The standard InChI is InChI=1S/C37H48F2O/c1-7-26-23-34(40-24-37(9-3,10-4)11-5)27(8-2)22-33(26)32-21-20-31(35(38)36(32)39)30-18-16-29(17-19-30)28-14-12-25(6)13-15-28/h16-23,25,28H,7-15,24H2,1-6H3. The Morgan fingerprint density at radius 1 is 0.700 bits per heavy atom. The fraction of sp³-hybridized carbons (Fsp3) is 0.514. The van der Waals surface area contributed by atoms with Gasteiger partial charge in [-0.3, -0.25) is 0 Å². The third-order valence-corrected chi connectivity index (χ3v) is 9.91. The van der Waals surface area contributed by atoms with Crippen LogP contribution in [0.4, 0.5) is 8.78 Å². The molecule has 1 aliphatic rings. The molecule has 0 spiro atoms. The topological polar surface area (TPSA) is 9.23 Å². The molecule has 0 amide bonds. The van der Waals surface area contributed by atoms with Gasteiger partial charge < -0.3 is 4.74 Å². The molecule has 216 valence electrons. The molecule has 1 saturated carbocycles. The molecule has 3 aromatic carbocycles. The Balaban J connectivity index is 1.63. The van der Waals surface area contributed by atoms with Crippen molar-refractivity contribution in [2.45, 2.75) is 105 Å². The highest BCUT2D eigenvalue weighted by Gasteiger charge is 2.26. The van der Waals surface area contributed by atoms with Gasteiger partial charge in [-0.2, -0.15) is 0 Å². The molecule has 0 radical (unpaired) electrons. The fourth-order valence-corrected chi connectivity index (χ4v) is 6.42. The van der Waals surface area contributed by atoms with Crippen LogP contribution in [0.2, 0.25) is 0 Å². The largest absolute Gasteiger partial charge is 0.493 e. The van der Waals surface area contributed by atoms with Gasteiger partial charge >= 0.3 is 0 Å². The molecule has 0 aromatic heterocycles. The first-order valence-electron chi connectivity index (χ1n) is 15.7. The lowest BCUT2D eigenvalue weighted by Crippen LogP contribution is -2.26. The van der Waals surface area contributed by atoms with Crippen LogP contribution in [-0.2, 0) is 12.8 Å². The Morgan fingerprint density at radius 2 is 1.27 bits per heavy atom. The first kappa shape index (κ1) is 30.3. The number of hydrogen-bond donors (Lipinski definition) is 0. The lowest BCUT2D eigenvalue weighted by Gasteiger charge is -2.31. The molecule has 4 rings (SSSR count). The maximum atomic E-state index is 15.7. The zero-order valence-corrected chi connectivity index (χ0v) is 25.5. The van der Waals surface area contributed by atoms with E-state index in [1.165, 1.54) is 31.2 Å². The lowest BCUT2D eigenvalue weighted by atomic mass is 9.79. The first-order chi connectivity index (χ1) is 19.3. The van der Waals surface area contributed by atoms with E-state index < -0.39 is 11.6 Å². The van der Waals surface area contributed by atoms with E-state index in [1.54, 1.807) is 12.1 Å². The summed E-state index contributed by atoms with van der Waals surface area (Å²) in [7, 11) is 0. The second kappa shape index (κ2) is 13.3. The van der Waals surface area contributed by atoms with Gasteiger partial charge in [-0.25, -0.2) is 8.78 Å². The number of aryl methyl sites for hydroxylation is 2. The summed E-state index contributed by atoms with van der Waals surface area (Å²) in [5, 5.41) is 0. The molecule has 0 aliphatic heterocycles. The maximum Gasteiger partial charge on any atom is 0.167 e. The van der Waals surface area contributed by atoms with E-state index in [2.05, 4.69) is 59.7 Å². The van der Waals surface area contributed by atoms with E-state index in [0.717, 1.165) is 59.6 Å². The summed E-state index contributed by atoms with van der Waals surface area (Å²) >= 11 is 0. The lowest BCUT2D eigenvalue weighted by molar-refractivity contribution is 0.127. The summed E-state index contributed by atoms with van der Waals surface area (Å²) in [4.78, 5) is 0. The molecular weight excluding hydrogens is 498 g/mol. The molecule has 1 aliphatic carbocycles. The Morgan fingerprint density at radius 3 is 1.85 bits per heavy atom. The summed E-state index contributed by atoms with van der Waals surface area (Å²) in [6.45, 7) is 13.8. The molecule has 40 heavy (non-hydrogen) atoms. The van der Waals surface area contributed by atoms with Crippen molar-refractivity contribution in [1.82, 2.24) is 0 Å². The molecule has 0 unspecified atom stereocenters. The third-order valence-electron chi connectivity index (χ3n) is 9.91. The second-order valence-corrected chi connectivity index (χ2v) is 12.0. The zero-order chi connectivity index (χ0) is 28.9. The SMILES string of the molecule is CCc1cc(-c2ccc(-c3ccc(C4CCC(C)CC4)cc3)c(F)c2F)c(CC)cc1OCC(CC)(CC)CC. The summed E-state index contributed by atoms with van der Waals surface area (Å²) in [6.07, 6.45) is 9.61. The van der Waals surface area contributed by atoms with Crippen molar-refractivity contribution < 1.29 is 13.5 Å². The Labute approximate surface area is 241 Å². The van der Waals surface area contributed by atoms with Crippen molar-refractivity contribution in [2.75, 3.05) is 6.61 Å². The van der Waals surface area contributed by atoms with Crippen LogP contribution in [-0.4, -0.2) is 6.61 Å². The van der Waals surface area contributed by atoms with Crippen molar-refractivity contribution in [3.8, 4) is 28.0 Å². The summed E-state index contributed by atoms with van der Waals surface area (Å²) < 4.78 is 37.7. The van der Waals surface area contributed by atoms with Gasteiger partial charge in [0.15, 0.2) is 11.6 Å². The zero-order valence-electron chi connectivity index (χ0n) is 25.5. The summed E-state index contributed by atoms with van der Waals surface area (Å²) in [6, 6.07) is 15.7. The highest BCUT2D eigenvalue weighted by Crippen LogP contribution is 2.39. The fourth-order valence-electron chi connectivity index (χ4n) is 6.42. The van der Waals surface area contributed by atoms with Gasteiger partial charge in [-0.15, -0.1) is 0 Å². The van der Waals surface area contributed by atoms with Gasteiger partial charge in [0.1, 0.15) is 5.75 Å². The molecule has 3 heteroatoms. The van der Waals surface area contributed by atoms with Crippen molar-refractivity contribution in [3.63, 3.8) is 0 Å².